The lowest BCUT2D eigenvalue weighted by Crippen LogP contribution is -2.48. The van der Waals surface area contributed by atoms with Crippen molar-refractivity contribution >= 4 is 16.8 Å². The van der Waals surface area contributed by atoms with Crippen LogP contribution in [0, 0.1) is 0 Å². The van der Waals surface area contributed by atoms with Gasteiger partial charge in [0.05, 0.1) is 11.5 Å². The molecule has 1 N–H and O–H groups in total. The van der Waals surface area contributed by atoms with Crippen LogP contribution in [0.25, 0.3) is 22.3 Å². The average Bonchev–Trinajstić information content (AvgIpc) is 3.35. The molecule has 0 radical (unpaired) electrons. The Morgan fingerprint density at radius 3 is 2.77 bits per heavy atom. The lowest BCUT2D eigenvalue weighted by Gasteiger charge is -2.37. The van der Waals surface area contributed by atoms with Gasteiger partial charge in [-0.3, -0.25) is 4.79 Å². The molecule has 9 heteroatoms. The minimum absolute atomic E-state index is 0.0954. The zero-order valence-corrected chi connectivity index (χ0v) is 15.5. The van der Waals surface area contributed by atoms with Gasteiger partial charge in [0.2, 0.25) is 11.7 Å². The van der Waals surface area contributed by atoms with Crippen molar-refractivity contribution in [2.75, 3.05) is 13.1 Å². The molecule has 0 bridgehead atoms. The molecule has 0 saturated carbocycles. The predicted octanol–water partition coefficient (Wildman–Crippen LogP) is 4.48. The van der Waals surface area contributed by atoms with Gasteiger partial charge in [0, 0.05) is 35.9 Å². The maximum Gasteiger partial charge on any atom is 0.416 e. The zero-order chi connectivity index (χ0) is 20.9. The monoisotopic (exact) mass is 412 g/mol. The van der Waals surface area contributed by atoms with Crippen LogP contribution >= 0.6 is 0 Å². The maximum absolute atomic E-state index is 12.9. The van der Waals surface area contributed by atoms with E-state index in [0.29, 0.717) is 24.5 Å². The highest BCUT2D eigenvalue weighted by atomic mass is 19.4. The normalized spacial score (nSPS) is 14.8. The number of alkyl halides is 3. The van der Waals surface area contributed by atoms with Gasteiger partial charge in [-0.2, -0.15) is 18.2 Å². The van der Waals surface area contributed by atoms with Crippen LogP contribution in [0.1, 0.15) is 27.7 Å². The van der Waals surface area contributed by atoms with Crippen LogP contribution in [0.5, 0.6) is 0 Å². The number of nitrogens with one attached hydrogen (secondary N) is 1. The number of benzene rings is 2. The Kier molecular flexibility index (Phi) is 4.12. The van der Waals surface area contributed by atoms with Gasteiger partial charge in [0.15, 0.2) is 0 Å². The second-order valence-electron chi connectivity index (χ2n) is 7.22. The predicted molar refractivity (Wildman–Crippen MR) is 102 cm³/mol. The first-order valence-electron chi connectivity index (χ1n) is 9.26. The summed E-state index contributed by atoms with van der Waals surface area (Å²) in [5.74, 6) is 0.167. The van der Waals surface area contributed by atoms with Crippen molar-refractivity contribution in [2.45, 2.75) is 12.1 Å². The number of aromatic nitrogens is 3. The van der Waals surface area contributed by atoms with E-state index in [1.807, 2.05) is 24.4 Å². The molecule has 0 spiro atoms. The summed E-state index contributed by atoms with van der Waals surface area (Å²) in [6.45, 7) is 0.817. The van der Waals surface area contributed by atoms with Crippen LogP contribution in [0.4, 0.5) is 13.2 Å². The molecule has 1 saturated heterocycles. The Hall–Kier alpha value is -3.62. The third-order valence-electron chi connectivity index (χ3n) is 5.21. The molecule has 1 fully saturated rings. The number of aromatic amines is 1. The fourth-order valence-electron chi connectivity index (χ4n) is 3.52. The molecular formula is C21H15F3N4O2. The highest BCUT2D eigenvalue weighted by molar-refractivity contribution is 5.98. The van der Waals surface area contributed by atoms with Crippen molar-refractivity contribution in [1.29, 1.82) is 0 Å². The van der Waals surface area contributed by atoms with Gasteiger partial charge >= 0.3 is 6.18 Å². The molecule has 152 valence electrons. The minimum Gasteiger partial charge on any atom is -0.361 e. The molecule has 1 aliphatic rings. The summed E-state index contributed by atoms with van der Waals surface area (Å²) in [7, 11) is 0. The van der Waals surface area contributed by atoms with Crippen LogP contribution in [0.15, 0.2) is 59.3 Å². The first-order valence-corrected chi connectivity index (χ1v) is 9.26. The van der Waals surface area contributed by atoms with Crippen molar-refractivity contribution in [3.63, 3.8) is 0 Å². The highest BCUT2D eigenvalue weighted by Crippen LogP contribution is 2.33. The summed E-state index contributed by atoms with van der Waals surface area (Å²) < 4.78 is 44.0. The van der Waals surface area contributed by atoms with Crippen molar-refractivity contribution < 1.29 is 22.5 Å². The van der Waals surface area contributed by atoms with Gasteiger partial charge in [-0.25, -0.2) is 0 Å². The fraction of sp³-hybridized carbons (Fsp3) is 0.190. The van der Waals surface area contributed by atoms with E-state index in [2.05, 4.69) is 15.1 Å². The van der Waals surface area contributed by atoms with Crippen LogP contribution in [0.2, 0.25) is 0 Å². The number of carbonyl (C=O) groups is 1. The Labute approximate surface area is 168 Å². The number of hydrogen-bond acceptors (Lipinski definition) is 4. The number of nitrogens with zero attached hydrogens (tertiary/aromatic N) is 3. The standard InChI is InChI=1S/C21H15F3N4O2/c22-21(23,24)16-3-1-2-13(8-16)18-26-19(30-27-18)15-10-28(11-15)20(29)14-5-4-12-6-7-25-17(12)9-14/h1-9,15,25H,10-11H2. The van der Waals surface area contributed by atoms with E-state index < -0.39 is 11.7 Å². The second kappa shape index (κ2) is 6.72. The maximum atomic E-state index is 12.9. The van der Waals surface area contributed by atoms with E-state index in [4.69, 9.17) is 4.52 Å². The lowest BCUT2D eigenvalue weighted by molar-refractivity contribution is -0.137. The van der Waals surface area contributed by atoms with Crippen LogP contribution in [-0.2, 0) is 6.18 Å². The van der Waals surface area contributed by atoms with Crippen LogP contribution in [0.3, 0.4) is 0 Å². The minimum atomic E-state index is -4.44. The van der Waals surface area contributed by atoms with Gasteiger partial charge in [0.25, 0.3) is 5.91 Å². The number of fused-ring (bicyclic) bond motifs is 1. The van der Waals surface area contributed by atoms with Crippen molar-refractivity contribution in [3.05, 3.63) is 71.7 Å². The van der Waals surface area contributed by atoms with Crippen LogP contribution in [-0.4, -0.2) is 39.0 Å². The van der Waals surface area contributed by atoms with Gasteiger partial charge in [-0.15, -0.1) is 0 Å². The van der Waals surface area contributed by atoms with E-state index in [1.54, 1.807) is 11.0 Å². The largest absolute Gasteiger partial charge is 0.416 e. The number of rotatable bonds is 3. The Balaban J connectivity index is 1.28. The molecule has 2 aromatic heterocycles. The SMILES string of the molecule is O=C(c1ccc2cc[nH]c2c1)N1CC(c2nc(-c3cccc(C(F)(F)F)c3)no2)C1. The number of amides is 1. The average molecular weight is 412 g/mol. The lowest BCUT2D eigenvalue weighted by atomic mass is 9.98. The second-order valence-corrected chi connectivity index (χ2v) is 7.22. The molecule has 0 atom stereocenters. The van der Waals surface area contributed by atoms with Crippen molar-refractivity contribution in [1.82, 2.24) is 20.0 Å². The van der Waals surface area contributed by atoms with E-state index in [9.17, 15) is 18.0 Å². The van der Waals surface area contributed by atoms with Gasteiger partial charge in [-0.05, 0) is 35.7 Å². The number of H-pyrrole nitrogens is 1. The summed E-state index contributed by atoms with van der Waals surface area (Å²) in [5, 5.41) is 4.84. The van der Waals surface area contributed by atoms with Crippen LogP contribution < -0.4 is 0 Å². The third-order valence-corrected chi connectivity index (χ3v) is 5.21. The highest BCUT2D eigenvalue weighted by Gasteiger charge is 2.36. The number of halogens is 3. The molecule has 1 amide bonds. The number of hydrogen-bond donors (Lipinski definition) is 1. The summed E-state index contributed by atoms with van der Waals surface area (Å²) in [4.78, 5) is 21.7. The van der Waals surface area contributed by atoms with E-state index in [-0.39, 0.29) is 23.2 Å². The Bertz CT molecular complexity index is 1240. The molecule has 1 aliphatic heterocycles. The molecular weight excluding hydrogens is 397 g/mol. The fourth-order valence-corrected chi connectivity index (χ4v) is 3.52. The first kappa shape index (κ1) is 18.4. The number of carbonyl (C=O) groups excluding carboxylic acids is 1. The molecule has 30 heavy (non-hydrogen) atoms. The summed E-state index contributed by atoms with van der Waals surface area (Å²) in [5.41, 5.74) is 0.927. The van der Waals surface area contributed by atoms with Gasteiger partial charge in [-0.1, -0.05) is 23.4 Å². The molecule has 0 unspecified atom stereocenters. The number of likely N-dealkylation sites (tertiary alicyclic amines) is 1. The van der Waals surface area contributed by atoms with Crippen molar-refractivity contribution in [3.8, 4) is 11.4 Å². The topological polar surface area (TPSA) is 75.0 Å². The zero-order valence-electron chi connectivity index (χ0n) is 15.5. The van der Waals surface area contributed by atoms with E-state index >= 15 is 0 Å². The molecule has 2 aromatic carbocycles. The summed E-state index contributed by atoms with van der Waals surface area (Å²) in [6.07, 6.45) is -2.63. The molecule has 6 nitrogen and oxygen atoms in total. The third kappa shape index (κ3) is 3.22. The molecule has 0 aliphatic carbocycles. The van der Waals surface area contributed by atoms with Gasteiger partial charge < -0.3 is 14.4 Å². The molecule has 4 aromatic rings. The van der Waals surface area contributed by atoms with Gasteiger partial charge in [0.1, 0.15) is 0 Å². The molecule has 3 heterocycles. The summed E-state index contributed by atoms with van der Waals surface area (Å²) >= 11 is 0. The van der Waals surface area contributed by atoms with E-state index in [1.165, 1.54) is 12.1 Å². The smallest absolute Gasteiger partial charge is 0.361 e. The van der Waals surface area contributed by atoms with E-state index in [0.717, 1.165) is 23.0 Å². The Morgan fingerprint density at radius 2 is 1.97 bits per heavy atom. The quantitative estimate of drug-likeness (QED) is 0.539. The summed E-state index contributed by atoms with van der Waals surface area (Å²) in [6, 6.07) is 12.2. The molecule has 5 rings (SSSR count). The van der Waals surface area contributed by atoms with Crippen molar-refractivity contribution in [2.24, 2.45) is 0 Å². The Morgan fingerprint density at radius 1 is 1.13 bits per heavy atom. The first-order chi connectivity index (χ1) is 14.4.